The predicted octanol–water partition coefficient (Wildman–Crippen LogP) is 5.65. The minimum absolute atomic E-state index is 0.0278. The van der Waals surface area contributed by atoms with Crippen LogP contribution in [-0.4, -0.2) is 43.7 Å². The molecule has 0 aliphatic rings. The van der Waals surface area contributed by atoms with Crippen molar-refractivity contribution in [3.8, 4) is 34.9 Å². The Hall–Kier alpha value is -3.75. The fraction of sp³-hybridized carbons (Fsp3) is 0.259. The van der Waals surface area contributed by atoms with E-state index < -0.39 is 17.5 Å². The Kier molecular flexibility index (Phi) is 8.37. The normalized spacial score (nSPS) is 12.2. The molecule has 12 heteroatoms. The quantitative estimate of drug-likeness (QED) is 0.260. The highest BCUT2D eigenvalue weighted by atomic mass is 35.5. The summed E-state index contributed by atoms with van der Waals surface area (Å²) in [6.45, 7) is 4.53. The largest absolute Gasteiger partial charge is 0.475 e. The minimum Gasteiger partial charge on any atom is -0.475 e. The van der Waals surface area contributed by atoms with Gasteiger partial charge < -0.3 is 24.1 Å². The number of hydrogen-bond donors (Lipinski definition) is 2. The van der Waals surface area contributed by atoms with Gasteiger partial charge in [0.05, 0.1) is 39.9 Å². The van der Waals surface area contributed by atoms with Gasteiger partial charge in [-0.2, -0.15) is 5.26 Å². The highest BCUT2D eigenvalue weighted by molar-refractivity contribution is 6.32. The van der Waals surface area contributed by atoms with E-state index >= 15 is 4.39 Å². The van der Waals surface area contributed by atoms with Gasteiger partial charge >= 0.3 is 0 Å². The summed E-state index contributed by atoms with van der Waals surface area (Å²) in [5.41, 5.74) is 0.184. The molecule has 0 aliphatic carbocycles. The zero-order chi connectivity index (χ0) is 28.3. The molecule has 0 unspecified atom stereocenters. The third-order valence-electron chi connectivity index (χ3n) is 5.65. The van der Waals surface area contributed by atoms with E-state index in [-0.39, 0.29) is 63.4 Å². The van der Waals surface area contributed by atoms with Gasteiger partial charge in [-0.15, -0.1) is 10.2 Å². The minimum atomic E-state index is -1.32. The van der Waals surface area contributed by atoms with Gasteiger partial charge in [-0.25, -0.2) is 9.37 Å². The molecule has 2 aromatic heterocycles. The maximum absolute atomic E-state index is 15.4. The van der Waals surface area contributed by atoms with Gasteiger partial charge in [0.25, 0.3) is 0 Å². The Morgan fingerprint density at radius 3 is 2.62 bits per heavy atom. The van der Waals surface area contributed by atoms with E-state index in [0.29, 0.717) is 11.3 Å². The number of aliphatic hydroxyl groups excluding tert-OH is 1. The van der Waals surface area contributed by atoms with Crippen molar-refractivity contribution in [3.05, 3.63) is 81.0 Å². The number of benzene rings is 2. The van der Waals surface area contributed by atoms with Crippen molar-refractivity contribution >= 4 is 23.2 Å². The number of aryl methyl sites for hydroxylation is 1. The topological polar surface area (TPSA) is 135 Å². The third kappa shape index (κ3) is 6.82. The maximum atomic E-state index is 15.4. The van der Waals surface area contributed by atoms with E-state index in [9.17, 15) is 10.2 Å². The molecule has 0 saturated heterocycles. The molecule has 202 valence electrons. The molecule has 39 heavy (non-hydrogen) atoms. The first-order chi connectivity index (χ1) is 18.4. The van der Waals surface area contributed by atoms with Crippen LogP contribution in [0.2, 0.25) is 10.0 Å². The van der Waals surface area contributed by atoms with Gasteiger partial charge in [0.1, 0.15) is 18.5 Å². The van der Waals surface area contributed by atoms with Gasteiger partial charge in [0.15, 0.2) is 11.6 Å². The summed E-state index contributed by atoms with van der Waals surface area (Å²) in [6.07, 6.45) is -1.15. The summed E-state index contributed by atoms with van der Waals surface area (Å²) < 4.78 is 32.2. The van der Waals surface area contributed by atoms with Crippen LogP contribution in [0.15, 0.2) is 46.9 Å². The summed E-state index contributed by atoms with van der Waals surface area (Å²) in [5, 5.41) is 37.3. The molecule has 1 atom stereocenters. The molecule has 2 heterocycles. The number of halogens is 3. The molecule has 0 aliphatic heterocycles. The van der Waals surface area contributed by atoms with Crippen molar-refractivity contribution in [2.75, 3.05) is 6.61 Å². The van der Waals surface area contributed by atoms with Crippen LogP contribution in [0.25, 0.3) is 11.5 Å². The van der Waals surface area contributed by atoms with Gasteiger partial charge in [0.2, 0.25) is 17.7 Å². The van der Waals surface area contributed by atoms with Gasteiger partial charge in [-0.3, -0.25) is 0 Å². The molecule has 0 radical (unpaired) electrons. The number of pyridine rings is 1. The molecular weight excluding hydrogens is 550 g/mol. The fourth-order valence-corrected chi connectivity index (χ4v) is 3.83. The van der Waals surface area contributed by atoms with Crippen molar-refractivity contribution in [2.24, 2.45) is 0 Å². The van der Waals surface area contributed by atoms with E-state index in [4.69, 9.17) is 42.4 Å². The van der Waals surface area contributed by atoms with Crippen molar-refractivity contribution in [1.29, 1.82) is 5.26 Å². The first-order valence-electron chi connectivity index (χ1n) is 11.6. The van der Waals surface area contributed by atoms with Crippen LogP contribution < -0.4 is 9.47 Å². The highest BCUT2D eigenvalue weighted by Gasteiger charge is 2.25. The van der Waals surface area contributed by atoms with Crippen LogP contribution in [0.4, 0.5) is 4.39 Å². The summed E-state index contributed by atoms with van der Waals surface area (Å²) in [6, 6.07) is 12.5. The Morgan fingerprint density at radius 2 is 1.92 bits per heavy atom. The molecule has 0 fully saturated rings. The Bertz CT molecular complexity index is 1550. The number of nitriles is 1. The lowest BCUT2D eigenvalue weighted by Gasteiger charge is -2.24. The van der Waals surface area contributed by atoms with Gasteiger partial charge in [0, 0.05) is 16.7 Å². The van der Waals surface area contributed by atoms with Crippen LogP contribution in [0.3, 0.4) is 0 Å². The third-order valence-corrected chi connectivity index (χ3v) is 6.17. The highest BCUT2D eigenvalue weighted by Crippen LogP contribution is 2.36. The lowest BCUT2D eigenvalue weighted by atomic mass is 10.0. The van der Waals surface area contributed by atoms with Crippen molar-refractivity contribution in [1.82, 2.24) is 15.2 Å². The zero-order valence-electron chi connectivity index (χ0n) is 21.1. The molecule has 2 aromatic carbocycles. The van der Waals surface area contributed by atoms with Crippen LogP contribution in [0.1, 0.15) is 36.6 Å². The van der Waals surface area contributed by atoms with E-state index in [1.54, 1.807) is 19.1 Å². The smallest absolute Gasteiger partial charge is 0.249 e. The summed E-state index contributed by atoms with van der Waals surface area (Å²) in [7, 11) is 0. The Labute approximate surface area is 233 Å². The standard InChI is InChI=1S/C27H23Cl2FN4O5/c1-14-19(5-7-22(32-14)37-13-21(35)27(2,3)36)26-34-33-23(39-26)10-16-4-6-20(29)25(24(16)30)38-18-9-15(12-31)8-17(28)11-18/h4-9,11,21,35-36H,10,13H2,1-3H3/t21-/m0/s1. The van der Waals surface area contributed by atoms with Crippen LogP contribution in [0.5, 0.6) is 17.4 Å². The number of rotatable bonds is 9. The van der Waals surface area contributed by atoms with Gasteiger partial charge in [-0.05, 0) is 51.1 Å². The van der Waals surface area contributed by atoms with Crippen molar-refractivity contribution in [3.63, 3.8) is 0 Å². The maximum Gasteiger partial charge on any atom is 0.249 e. The predicted molar refractivity (Wildman–Crippen MR) is 141 cm³/mol. The van der Waals surface area contributed by atoms with Crippen LogP contribution >= 0.6 is 23.2 Å². The second-order valence-electron chi connectivity index (χ2n) is 9.18. The average molecular weight is 573 g/mol. The second kappa shape index (κ2) is 11.6. The summed E-state index contributed by atoms with van der Waals surface area (Å²) in [4.78, 5) is 4.33. The average Bonchev–Trinajstić information content (AvgIpc) is 3.34. The molecular formula is C27H23Cl2FN4O5. The summed E-state index contributed by atoms with van der Waals surface area (Å²) >= 11 is 12.2. The number of ether oxygens (including phenoxy) is 2. The molecule has 0 amide bonds. The van der Waals surface area contributed by atoms with Crippen molar-refractivity contribution < 1.29 is 28.5 Å². The lowest BCUT2D eigenvalue weighted by molar-refractivity contribution is -0.0667. The second-order valence-corrected chi connectivity index (χ2v) is 10.0. The summed E-state index contributed by atoms with van der Waals surface area (Å²) in [5.74, 6) is -0.246. The van der Waals surface area contributed by atoms with E-state index in [2.05, 4.69) is 15.2 Å². The van der Waals surface area contributed by atoms with E-state index in [0.717, 1.165) is 0 Å². The molecule has 4 rings (SSSR count). The molecule has 4 aromatic rings. The van der Waals surface area contributed by atoms with Gasteiger partial charge in [-0.1, -0.05) is 29.3 Å². The van der Waals surface area contributed by atoms with Crippen LogP contribution in [-0.2, 0) is 6.42 Å². The number of hydrogen-bond acceptors (Lipinski definition) is 9. The molecule has 0 bridgehead atoms. The monoisotopic (exact) mass is 572 g/mol. The molecule has 0 saturated carbocycles. The SMILES string of the molecule is Cc1nc(OC[C@H](O)C(C)(C)O)ccc1-c1nnc(Cc2ccc(Cl)c(Oc3cc(Cl)cc(C#N)c3)c2F)o1. The fourth-order valence-electron chi connectivity index (χ4n) is 3.42. The number of nitrogens with zero attached hydrogens (tertiary/aromatic N) is 4. The van der Waals surface area contributed by atoms with Crippen molar-refractivity contribution in [2.45, 2.75) is 38.9 Å². The molecule has 9 nitrogen and oxygen atoms in total. The lowest BCUT2D eigenvalue weighted by Crippen LogP contribution is -2.40. The Morgan fingerprint density at radius 1 is 1.15 bits per heavy atom. The Balaban J connectivity index is 1.51. The van der Waals surface area contributed by atoms with E-state index in [1.165, 1.54) is 44.2 Å². The first kappa shape index (κ1) is 28.3. The number of aliphatic hydroxyl groups is 2. The molecule has 0 spiro atoms. The van der Waals surface area contributed by atoms with E-state index in [1.807, 2.05) is 6.07 Å². The molecule has 2 N–H and O–H groups in total. The van der Waals surface area contributed by atoms with Crippen LogP contribution in [0, 0.1) is 24.1 Å². The zero-order valence-corrected chi connectivity index (χ0v) is 22.6. The number of aromatic nitrogens is 3. The first-order valence-corrected chi connectivity index (χ1v) is 12.4.